The number of carbonyl (C=O) groups excluding carboxylic acids is 1. The van der Waals surface area contributed by atoms with Crippen LogP contribution in [0.15, 0.2) is 102 Å². The minimum absolute atomic E-state index is 0.215. The summed E-state index contributed by atoms with van der Waals surface area (Å²) in [6.07, 6.45) is 0. The summed E-state index contributed by atoms with van der Waals surface area (Å²) in [4.78, 5) is 13.1. The second-order valence-corrected chi connectivity index (χ2v) is 9.06. The average Bonchev–Trinajstić information content (AvgIpc) is 3.33. The zero-order chi connectivity index (χ0) is 25.1. The van der Waals surface area contributed by atoms with Gasteiger partial charge in [-0.15, -0.1) is 0 Å². The van der Waals surface area contributed by atoms with Gasteiger partial charge in [0.25, 0.3) is 0 Å². The first-order valence-corrected chi connectivity index (χ1v) is 11.9. The smallest absolute Gasteiger partial charge is 0.342 e. The molecule has 0 saturated heterocycles. The molecule has 5 nitrogen and oxygen atoms in total. The van der Waals surface area contributed by atoms with Crippen molar-refractivity contribution < 1.29 is 13.9 Å². The van der Waals surface area contributed by atoms with Gasteiger partial charge in [0.05, 0.1) is 12.3 Å². The predicted molar refractivity (Wildman–Crippen MR) is 141 cm³/mol. The van der Waals surface area contributed by atoms with Crippen LogP contribution in [-0.4, -0.2) is 23.3 Å². The number of hydrogen-bond donors (Lipinski definition) is 1. The van der Waals surface area contributed by atoms with Crippen LogP contribution >= 0.6 is 23.2 Å². The van der Waals surface area contributed by atoms with Crippen LogP contribution in [0, 0.1) is 5.82 Å². The third-order valence-corrected chi connectivity index (χ3v) is 6.22. The number of nitrogens with one attached hydrogen (secondary N) is 1. The topological polar surface area (TPSA) is 53.9 Å². The van der Waals surface area contributed by atoms with Crippen molar-refractivity contribution in [1.82, 2.24) is 5.01 Å². The van der Waals surface area contributed by atoms with Gasteiger partial charge in [0.15, 0.2) is 0 Å². The molecule has 180 valence electrons. The molecular weight excluding hydrogens is 500 g/mol. The van der Waals surface area contributed by atoms with Crippen molar-refractivity contribution in [3.63, 3.8) is 0 Å². The van der Waals surface area contributed by atoms with E-state index >= 15 is 0 Å². The molecule has 4 aromatic rings. The lowest BCUT2D eigenvalue weighted by Crippen LogP contribution is -2.30. The highest BCUT2D eigenvalue weighted by Crippen LogP contribution is 2.30. The fraction of sp³-hybridized carbons (Fsp3) is 0.0714. The number of hydrogen-bond acceptors (Lipinski definition) is 3. The Labute approximate surface area is 217 Å². The summed E-state index contributed by atoms with van der Waals surface area (Å²) in [7, 11) is 0. The standard InChI is InChI=1S/C28H20Cl2FN3O2/c29-20-5-1-19(2-6-20)27-26(18-3-9-22(31)10-4-18)17-34(33-27)28(35)32-23-11-15-25(16-12-23)36-24-13-7-21(30)8-14-24/h1-16,26H,17H2,(H,32,35). The maximum atomic E-state index is 13.5. The highest BCUT2D eigenvalue weighted by Gasteiger charge is 2.32. The zero-order valence-electron chi connectivity index (χ0n) is 18.9. The van der Waals surface area contributed by atoms with Gasteiger partial charge in [-0.05, 0) is 83.9 Å². The van der Waals surface area contributed by atoms with E-state index in [0.29, 0.717) is 39.5 Å². The number of carbonyl (C=O) groups is 1. The van der Waals surface area contributed by atoms with Crippen molar-refractivity contribution in [2.24, 2.45) is 5.10 Å². The lowest BCUT2D eigenvalue weighted by atomic mass is 9.90. The molecule has 0 spiro atoms. The Balaban J connectivity index is 1.32. The van der Waals surface area contributed by atoms with Crippen LogP contribution in [0.2, 0.25) is 10.0 Å². The van der Waals surface area contributed by atoms with E-state index in [2.05, 4.69) is 10.4 Å². The maximum absolute atomic E-state index is 13.5. The zero-order valence-corrected chi connectivity index (χ0v) is 20.4. The van der Waals surface area contributed by atoms with E-state index < -0.39 is 0 Å². The van der Waals surface area contributed by atoms with Gasteiger partial charge in [0.2, 0.25) is 0 Å². The molecule has 0 aliphatic carbocycles. The molecule has 0 aromatic heterocycles. The third kappa shape index (κ3) is 5.51. The Bertz CT molecular complexity index is 1390. The fourth-order valence-electron chi connectivity index (χ4n) is 3.90. The molecule has 4 aromatic carbocycles. The van der Waals surface area contributed by atoms with Gasteiger partial charge >= 0.3 is 6.03 Å². The first-order chi connectivity index (χ1) is 17.4. The summed E-state index contributed by atoms with van der Waals surface area (Å²) in [5, 5.41) is 10.1. The number of hydrazone groups is 1. The molecule has 1 heterocycles. The molecule has 0 radical (unpaired) electrons. The number of halogens is 3. The number of ether oxygens (including phenoxy) is 1. The Morgan fingerprint density at radius 1 is 0.833 bits per heavy atom. The molecule has 36 heavy (non-hydrogen) atoms. The highest BCUT2D eigenvalue weighted by atomic mass is 35.5. The summed E-state index contributed by atoms with van der Waals surface area (Å²) in [6, 6.07) is 27.2. The van der Waals surface area contributed by atoms with Crippen molar-refractivity contribution in [1.29, 1.82) is 0 Å². The van der Waals surface area contributed by atoms with Gasteiger partial charge in [0, 0.05) is 21.7 Å². The Morgan fingerprint density at radius 2 is 1.39 bits per heavy atom. The Kier molecular flexibility index (Phi) is 6.89. The van der Waals surface area contributed by atoms with Gasteiger partial charge in [0.1, 0.15) is 17.3 Å². The van der Waals surface area contributed by atoms with Crippen molar-refractivity contribution in [3.8, 4) is 11.5 Å². The summed E-state index contributed by atoms with van der Waals surface area (Å²) in [6.45, 7) is 0.313. The molecule has 0 saturated carbocycles. The van der Waals surface area contributed by atoms with Crippen LogP contribution in [0.25, 0.3) is 0 Å². The number of urea groups is 1. The van der Waals surface area contributed by atoms with E-state index in [1.54, 1.807) is 72.8 Å². The second kappa shape index (κ2) is 10.4. The number of rotatable bonds is 5. The van der Waals surface area contributed by atoms with Gasteiger partial charge in [-0.25, -0.2) is 14.2 Å². The SMILES string of the molecule is O=C(Nc1ccc(Oc2ccc(Cl)cc2)cc1)N1CC(c2ccc(F)cc2)C(c2ccc(Cl)cc2)=N1. The summed E-state index contributed by atoms with van der Waals surface area (Å²) < 4.78 is 19.3. The fourth-order valence-corrected chi connectivity index (χ4v) is 4.15. The normalized spacial score (nSPS) is 14.9. The Hall–Kier alpha value is -3.87. The largest absolute Gasteiger partial charge is 0.457 e. The molecule has 1 atom stereocenters. The maximum Gasteiger partial charge on any atom is 0.342 e. The van der Waals surface area contributed by atoms with Crippen molar-refractivity contribution in [3.05, 3.63) is 124 Å². The number of benzene rings is 4. The molecule has 1 N–H and O–H groups in total. The second-order valence-electron chi connectivity index (χ2n) is 8.19. The highest BCUT2D eigenvalue weighted by molar-refractivity contribution is 6.31. The minimum Gasteiger partial charge on any atom is -0.457 e. The molecule has 0 fully saturated rings. The van der Waals surface area contributed by atoms with E-state index in [-0.39, 0.29) is 17.8 Å². The monoisotopic (exact) mass is 519 g/mol. The lowest BCUT2D eigenvalue weighted by Gasteiger charge is -2.16. The van der Waals surface area contributed by atoms with Crippen molar-refractivity contribution in [2.45, 2.75) is 5.92 Å². The van der Waals surface area contributed by atoms with Crippen LogP contribution < -0.4 is 10.1 Å². The third-order valence-electron chi connectivity index (χ3n) is 5.72. The van der Waals surface area contributed by atoms with Crippen molar-refractivity contribution >= 4 is 40.6 Å². The quantitative estimate of drug-likeness (QED) is 0.290. The van der Waals surface area contributed by atoms with E-state index in [4.69, 9.17) is 27.9 Å². The molecule has 8 heteroatoms. The molecular formula is C28H20Cl2FN3O2. The summed E-state index contributed by atoms with van der Waals surface area (Å²) in [5.41, 5.74) is 3.01. The van der Waals surface area contributed by atoms with E-state index in [1.165, 1.54) is 17.1 Å². The van der Waals surface area contributed by atoms with Crippen LogP contribution in [0.5, 0.6) is 11.5 Å². The molecule has 1 aliphatic rings. The Morgan fingerprint density at radius 3 is 2.00 bits per heavy atom. The predicted octanol–water partition coefficient (Wildman–Crippen LogP) is 7.96. The van der Waals surface area contributed by atoms with Gasteiger partial charge in [-0.2, -0.15) is 5.10 Å². The van der Waals surface area contributed by atoms with Crippen LogP contribution in [0.4, 0.5) is 14.9 Å². The molecule has 0 bridgehead atoms. The van der Waals surface area contributed by atoms with Gasteiger partial charge < -0.3 is 10.1 Å². The van der Waals surface area contributed by atoms with E-state index in [1.807, 2.05) is 12.1 Å². The van der Waals surface area contributed by atoms with Crippen molar-refractivity contribution in [2.75, 3.05) is 11.9 Å². The average molecular weight is 520 g/mol. The summed E-state index contributed by atoms with van der Waals surface area (Å²) >= 11 is 12.0. The van der Waals surface area contributed by atoms with Crippen LogP contribution in [-0.2, 0) is 0 Å². The number of amides is 2. The minimum atomic E-state index is -0.377. The van der Waals surface area contributed by atoms with E-state index in [9.17, 15) is 9.18 Å². The van der Waals surface area contributed by atoms with Gasteiger partial charge in [-0.3, -0.25) is 0 Å². The first kappa shape index (κ1) is 23.9. The number of nitrogens with zero attached hydrogens (tertiary/aromatic N) is 2. The number of anilines is 1. The van der Waals surface area contributed by atoms with Gasteiger partial charge in [-0.1, -0.05) is 47.5 Å². The molecule has 1 unspecified atom stereocenters. The summed E-state index contributed by atoms with van der Waals surface area (Å²) in [5.74, 6) is 0.743. The van der Waals surface area contributed by atoms with Crippen LogP contribution in [0.1, 0.15) is 17.0 Å². The van der Waals surface area contributed by atoms with E-state index in [0.717, 1.165) is 11.1 Å². The molecule has 1 aliphatic heterocycles. The van der Waals surface area contributed by atoms with Crippen LogP contribution in [0.3, 0.4) is 0 Å². The lowest BCUT2D eigenvalue weighted by molar-refractivity contribution is 0.218. The molecule has 5 rings (SSSR count). The molecule has 2 amide bonds. The first-order valence-electron chi connectivity index (χ1n) is 11.2.